The Kier molecular flexibility index (Phi) is 6.90. The Bertz CT molecular complexity index is 1080. The molecule has 3 aromatic rings. The fourth-order valence-electron chi connectivity index (χ4n) is 2.91. The zero-order valence-corrected chi connectivity index (χ0v) is 17.7. The minimum Gasteiger partial charge on any atom is -0.489 e. The Morgan fingerprint density at radius 2 is 1.77 bits per heavy atom. The lowest BCUT2D eigenvalue weighted by molar-refractivity contribution is -0.137. The van der Waals surface area contributed by atoms with Crippen LogP contribution >= 0.6 is 11.8 Å². The number of aryl methyl sites for hydroxylation is 2. The van der Waals surface area contributed by atoms with Crippen molar-refractivity contribution < 1.29 is 27.8 Å². The molecule has 0 saturated carbocycles. The molecule has 0 radical (unpaired) electrons. The van der Waals surface area contributed by atoms with E-state index >= 15 is 0 Å². The van der Waals surface area contributed by atoms with Gasteiger partial charge in [0, 0.05) is 21.7 Å². The van der Waals surface area contributed by atoms with Crippen LogP contribution in [0.3, 0.4) is 0 Å². The fourth-order valence-corrected chi connectivity index (χ4v) is 3.64. The number of pyridine rings is 1. The van der Waals surface area contributed by atoms with Crippen molar-refractivity contribution >= 4 is 17.7 Å². The molecule has 4 nitrogen and oxygen atoms in total. The van der Waals surface area contributed by atoms with E-state index in [2.05, 4.69) is 4.98 Å². The number of carboxylic acids is 1. The summed E-state index contributed by atoms with van der Waals surface area (Å²) in [4.78, 5) is 16.1. The number of alkyl halides is 3. The first-order valence-corrected chi connectivity index (χ1v) is 10.3. The number of hydrogen-bond donors (Lipinski definition) is 1. The quantitative estimate of drug-likeness (QED) is 0.441. The average molecular weight is 447 g/mol. The summed E-state index contributed by atoms with van der Waals surface area (Å²) in [7, 11) is 0. The van der Waals surface area contributed by atoms with Crippen LogP contribution in [0.25, 0.3) is 11.3 Å². The summed E-state index contributed by atoms with van der Waals surface area (Å²) < 4.78 is 44.0. The molecule has 162 valence electrons. The lowest BCUT2D eigenvalue weighted by Gasteiger charge is -2.12. The highest BCUT2D eigenvalue weighted by atomic mass is 32.2. The third-order valence-electron chi connectivity index (χ3n) is 4.60. The molecular weight excluding hydrogens is 427 g/mol. The van der Waals surface area contributed by atoms with Gasteiger partial charge in [0.2, 0.25) is 0 Å². The lowest BCUT2D eigenvalue weighted by atomic mass is 10.1. The minimum absolute atomic E-state index is 0.00279. The van der Waals surface area contributed by atoms with Crippen molar-refractivity contribution in [2.45, 2.75) is 31.5 Å². The number of aliphatic carboxylic acids is 1. The highest BCUT2D eigenvalue weighted by Gasteiger charge is 2.30. The van der Waals surface area contributed by atoms with Crippen molar-refractivity contribution in [2.24, 2.45) is 0 Å². The van der Waals surface area contributed by atoms with Crippen LogP contribution in [0.4, 0.5) is 13.2 Å². The van der Waals surface area contributed by atoms with Gasteiger partial charge in [-0.1, -0.05) is 18.2 Å². The van der Waals surface area contributed by atoms with E-state index in [4.69, 9.17) is 9.84 Å². The highest BCUT2D eigenvalue weighted by Crippen LogP contribution is 2.31. The van der Waals surface area contributed by atoms with Crippen LogP contribution in [0.2, 0.25) is 0 Å². The van der Waals surface area contributed by atoms with Gasteiger partial charge < -0.3 is 9.84 Å². The first kappa shape index (κ1) is 22.7. The first-order chi connectivity index (χ1) is 14.6. The van der Waals surface area contributed by atoms with Gasteiger partial charge in [0.15, 0.2) is 0 Å². The molecule has 31 heavy (non-hydrogen) atoms. The van der Waals surface area contributed by atoms with E-state index in [1.165, 1.54) is 23.9 Å². The molecule has 1 N–H and O–H groups in total. The SMILES string of the molecule is Cc1cc(OCc2ccc(-c3ccc(C(F)(F)F)cc3)nc2C)ccc1SCC(=O)O. The maximum atomic E-state index is 12.7. The number of rotatable bonds is 7. The molecule has 3 rings (SSSR count). The van der Waals surface area contributed by atoms with Crippen LogP contribution in [0.5, 0.6) is 5.75 Å². The smallest absolute Gasteiger partial charge is 0.416 e. The molecule has 0 fully saturated rings. The lowest BCUT2D eigenvalue weighted by Crippen LogP contribution is -2.04. The summed E-state index contributed by atoms with van der Waals surface area (Å²) in [5.74, 6) is -0.215. The zero-order valence-electron chi connectivity index (χ0n) is 16.9. The molecular formula is C23H20F3NO3S. The van der Waals surface area contributed by atoms with Crippen LogP contribution in [0.15, 0.2) is 59.5 Å². The van der Waals surface area contributed by atoms with E-state index < -0.39 is 17.7 Å². The third kappa shape index (κ3) is 6.01. The van der Waals surface area contributed by atoms with Gasteiger partial charge in [-0.15, -0.1) is 11.8 Å². The standard InChI is InChI=1S/C23H20F3NO3S/c1-14-11-19(8-10-21(14)31-13-22(28)29)30-12-17-5-9-20(27-15(17)2)16-3-6-18(7-4-16)23(24,25)26/h3-11H,12-13H2,1-2H3,(H,28,29). The number of benzene rings is 2. The number of hydrogen-bond acceptors (Lipinski definition) is 4. The van der Waals surface area contributed by atoms with Gasteiger partial charge in [-0.3, -0.25) is 9.78 Å². The van der Waals surface area contributed by atoms with E-state index in [1.807, 2.05) is 32.0 Å². The number of carbonyl (C=O) groups is 1. The summed E-state index contributed by atoms with van der Waals surface area (Å²) >= 11 is 1.25. The molecule has 0 spiro atoms. The highest BCUT2D eigenvalue weighted by molar-refractivity contribution is 8.00. The maximum absolute atomic E-state index is 12.7. The fraction of sp³-hybridized carbons (Fsp3) is 0.217. The van der Waals surface area contributed by atoms with Crippen molar-refractivity contribution in [2.75, 3.05) is 5.75 Å². The second-order valence-corrected chi connectivity index (χ2v) is 7.93. The summed E-state index contributed by atoms with van der Waals surface area (Å²) in [6.07, 6.45) is -4.37. The molecule has 0 aliphatic carbocycles. The van der Waals surface area contributed by atoms with Gasteiger partial charge in [-0.05, 0) is 55.8 Å². The van der Waals surface area contributed by atoms with Crippen molar-refractivity contribution in [1.29, 1.82) is 0 Å². The van der Waals surface area contributed by atoms with Gasteiger partial charge in [0.25, 0.3) is 0 Å². The van der Waals surface area contributed by atoms with E-state index in [9.17, 15) is 18.0 Å². The maximum Gasteiger partial charge on any atom is 0.416 e. The topological polar surface area (TPSA) is 59.4 Å². The predicted molar refractivity (Wildman–Crippen MR) is 113 cm³/mol. The molecule has 1 heterocycles. The molecule has 0 aliphatic rings. The second-order valence-electron chi connectivity index (χ2n) is 6.91. The van der Waals surface area contributed by atoms with Crippen molar-refractivity contribution in [3.63, 3.8) is 0 Å². The second kappa shape index (κ2) is 9.43. The summed E-state index contributed by atoms with van der Waals surface area (Å²) in [6.45, 7) is 4.00. The molecule has 0 atom stereocenters. The first-order valence-electron chi connectivity index (χ1n) is 9.35. The summed E-state index contributed by atoms with van der Waals surface area (Å²) in [5, 5.41) is 8.80. The predicted octanol–water partition coefficient (Wildman–Crippen LogP) is 6.14. The van der Waals surface area contributed by atoms with Gasteiger partial charge in [0.05, 0.1) is 17.0 Å². The molecule has 0 bridgehead atoms. The van der Waals surface area contributed by atoms with Crippen LogP contribution in [-0.4, -0.2) is 21.8 Å². The van der Waals surface area contributed by atoms with Crippen molar-refractivity contribution in [3.05, 3.63) is 77.0 Å². The number of ether oxygens (including phenoxy) is 1. The van der Waals surface area contributed by atoms with Crippen molar-refractivity contribution in [1.82, 2.24) is 4.98 Å². The Hall–Kier alpha value is -3.00. The van der Waals surface area contributed by atoms with Crippen LogP contribution in [0, 0.1) is 13.8 Å². The molecule has 0 saturated heterocycles. The average Bonchev–Trinajstić information content (AvgIpc) is 2.71. The monoisotopic (exact) mass is 447 g/mol. The molecule has 8 heteroatoms. The molecule has 1 aromatic heterocycles. The normalized spacial score (nSPS) is 11.4. The van der Waals surface area contributed by atoms with E-state index in [0.717, 1.165) is 33.8 Å². The molecule has 0 aliphatic heterocycles. The van der Waals surface area contributed by atoms with Crippen molar-refractivity contribution in [3.8, 4) is 17.0 Å². The van der Waals surface area contributed by atoms with Gasteiger partial charge in [0.1, 0.15) is 12.4 Å². The van der Waals surface area contributed by atoms with E-state index in [0.29, 0.717) is 17.0 Å². The van der Waals surface area contributed by atoms with Crippen LogP contribution < -0.4 is 4.74 Å². The van der Waals surface area contributed by atoms with E-state index in [-0.39, 0.29) is 12.4 Å². The molecule has 0 amide bonds. The van der Waals surface area contributed by atoms with Crippen LogP contribution in [-0.2, 0) is 17.6 Å². The summed E-state index contributed by atoms with van der Waals surface area (Å²) in [6, 6.07) is 14.0. The number of aromatic nitrogens is 1. The molecule has 0 unspecified atom stereocenters. The minimum atomic E-state index is -4.37. The number of carboxylic acid groups (broad SMARTS) is 1. The van der Waals surface area contributed by atoms with Gasteiger partial charge >= 0.3 is 12.1 Å². The number of thioether (sulfide) groups is 1. The number of halogens is 3. The Balaban J connectivity index is 1.67. The van der Waals surface area contributed by atoms with Crippen LogP contribution in [0.1, 0.15) is 22.4 Å². The Labute approximate surface area is 182 Å². The largest absolute Gasteiger partial charge is 0.489 e. The zero-order chi connectivity index (χ0) is 22.6. The van der Waals surface area contributed by atoms with E-state index in [1.54, 1.807) is 12.1 Å². The Morgan fingerprint density at radius 1 is 1.06 bits per heavy atom. The molecule has 2 aromatic carbocycles. The third-order valence-corrected chi connectivity index (χ3v) is 5.76. The van der Waals surface area contributed by atoms with Gasteiger partial charge in [-0.2, -0.15) is 13.2 Å². The van der Waals surface area contributed by atoms with Gasteiger partial charge in [-0.25, -0.2) is 0 Å². The Morgan fingerprint density at radius 3 is 2.35 bits per heavy atom. The summed E-state index contributed by atoms with van der Waals surface area (Å²) in [5.41, 5.74) is 3.01. The number of nitrogens with zero attached hydrogens (tertiary/aromatic N) is 1.